The van der Waals surface area contributed by atoms with Crippen LogP contribution in [0.1, 0.15) is 32.7 Å². The van der Waals surface area contributed by atoms with Gasteiger partial charge in [-0.15, -0.1) is 0 Å². The van der Waals surface area contributed by atoms with E-state index in [0.717, 1.165) is 16.8 Å². The molecule has 0 saturated carbocycles. The van der Waals surface area contributed by atoms with Crippen LogP contribution in [-0.2, 0) is 19.6 Å². The van der Waals surface area contributed by atoms with Gasteiger partial charge in [0.15, 0.2) is 11.5 Å². The van der Waals surface area contributed by atoms with Gasteiger partial charge in [0.2, 0.25) is 0 Å². The van der Waals surface area contributed by atoms with E-state index in [-0.39, 0.29) is 5.91 Å². The Labute approximate surface area is 211 Å². The van der Waals surface area contributed by atoms with Crippen molar-refractivity contribution < 1.29 is 14.3 Å². The SMILES string of the molecule is COc1cc(CN(CCc2ccccn2)C(=O)c2ccc(C#N)cc2)ccc1OCc1ccccc1. The monoisotopic (exact) mass is 477 g/mol. The van der Waals surface area contributed by atoms with Crippen LogP contribution in [0.3, 0.4) is 0 Å². The average Bonchev–Trinajstić information content (AvgIpc) is 2.95. The summed E-state index contributed by atoms with van der Waals surface area (Å²) < 4.78 is 11.6. The van der Waals surface area contributed by atoms with Crippen LogP contribution in [0.25, 0.3) is 0 Å². The number of hydrogen-bond acceptors (Lipinski definition) is 5. The van der Waals surface area contributed by atoms with Crippen molar-refractivity contribution in [1.82, 2.24) is 9.88 Å². The van der Waals surface area contributed by atoms with Crippen LogP contribution in [0.4, 0.5) is 0 Å². The second-order valence-corrected chi connectivity index (χ2v) is 8.25. The number of carbonyl (C=O) groups is 1. The lowest BCUT2D eigenvalue weighted by Crippen LogP contribution is -2.32. The summed E-state index contributed by atoms with van der Waals surface area (Å²) in [7, 11) is 1.61. The molecule has 180 valence electrons. The quantitative estimate of drug-likeness (QED) is 0.305. The average molecular weight is 478 g/mol. The van der Waals surface area contributed by atoms with Crippen molar-refractivity contribution in [2.45, 2.75) is 19.6 Å². The highest BCUT2D eigenvalue weighted by atomic mass is 16.5. The van der Waals surface area contributed by atoms with Crippen LogP contribution < -0.4 is 9.47 Å². The van der Waals surface area contributed by atoms with Gasteiger partial charge >= 0.3 is 0 Å². The highest BCUT2D eigenvalue weighted by Gasteiger charge is 2.18. The molecular weight excluding hydrogens is 450 g/mol. The molecule has 0 saturated heterocycles. The van der Waals surface area contributed by atoms with Gasteiger partial charge in [-0.25, -0.2) is 0 Å². The van der Waals surface area contributed by atoms with Crippen molar-refractivity contribution in [3.63, 3.8) is 0 Å². The number of ether oxygens (including phenoxy) is 2. The zero-order valence-corrected chi connectivity index (χ0v) is 20.1. The van der Waals surface area contributed by atoms with Gasteiger partial charge in [-0.05, 0) is 59.7 Å². The molecule has 6 nitrogen and oxygen atoms in total. The van der Waals surface area contributed by atoms with Crippen LogP contribution in [0.15, 0.2) is 97.2 Å². The molecule has 0 aliphatic carbocycles. The van der Waals surface area contributed by atoms with Gasteiger partial charge < -0.3 is 14.4 Å². The Bertz CT molecular complexity index is 1320. The molecule has 1 aromatic heterocycles. The number of pyridine rings is 1. The molecule has 0 aliphatic heterocycles. The first-order valence-corrected chi connectivity index (χ1v) is 11.7. The third kappa shape index (κ3) is 6.49. The highest BCUT2D eigenvalue weighted by Crippen LogP contribution is 2.29. The predicted octanol–water partition coefficient (Wildman–Crippen LogP) is 5.43. The van der Waals surface area contributed by atoms with Crippen LogP contribution in [0.2, 0.25) is 0 Å². The summed E-state index contributed by atoms with van der Waals surface area (Å²) in [5, 5.41) is 9.08. The van der Waals surface area contributed by atoms with E-state index in [0.29, 0.717) is 48.7 Å². The van der Waals surface area contributed by atoms with Gasteiger partial charge in [0, 0.05) is 37.0 Å². The molecule has 0 spiro atoms. The standard InChI is InChI=1S/C30H27N3O3/c1-35-29-19-25(12-15-28(29)36-22-24-7-3-2-4-8-24)21-33(18-16-27-9-5-6-17-32-27)30(34)26-13-10-23(20-31)11-14-26/h2-15,17,19H,16,18,21-22H2,1H3. The molecule has 0 bridgehead atoms. The number of amides is 1. The number of aromatic nitrogens is 1. The van der Waals surface area contributed by atoms with Crippen LogP contribution in [0.5, 0.6) is 11.5 Å². The van der Waals surface area contributed by atoms with Crippen LogP contribution in [0, 0.1) is 11.3 Å². The first kappa shape index (κ1) is 24.5. The molecule has 0 radical (unpaired) electrons. The van der Waals surface area contributed by atoms with Crippen molar-refractivity contribution in [3.05, 3.63) is 125 Å². The minimum atomic E-state index is -0.112. The minimum Gasteiger partial charge on any atom is -0.493 e. The Kier molecular flexibility index (Phi) is 8.29. The molecule has 0 unspecified atom stereocenters. The smallest absolute Gasteiger partial charge is 0.254 e. The molecule has 36 heavy (non-hydrogen) atoms. The number of benzene rings is 3. The minimum absolute atomic E-state index is 0.112. The highest BCUT2D eigenvalue weighted by molar-refractivity contribution is 5.94. The number of nitrogens with zero attached hydrogens (tertiary/aromatic N) is 3. The molecule has 3 aromatic carbocycles. The number of hydrogen-bond donors (Lipinski definition) is 0. The fourth-order valence-electron chi connectivity index (χ4n) is 3.80. The lowest BCUT2D eigenvalue weighted by atomic mass is 10.1. The summed E-state index contributed by atoms with van der Waals surface area (Å²) in [4.78, 5) is 19.6. The number of methoxy groups -OCH3 is 1. The molecule has 1 amide bonds. The van der Waals surface area contributed by atoms with E-state index in [4.69, 9.17) is 14.7 Å². The normalized spacial score (nSPS) is 10.3. The van der Waals surface area contributed by atoms with E-state index >= 15 is 0 Å². The molecule has 6 heteroatoms. The maximum absolute atomic E-state index is 13.4. The third-order valence-corrected chi connectivity index (χ3v) is 5.75. The second kappa shape index (κ2) is 12.2. The molecule has 4 rings (SSSR count). The van der Waals surface area contributed by atoms with Crippen LogP contribution in [-0.4, -0.2) is 29.4 Å². The first-order chi connectivity index (χ1) is 17.7. The topological polar surface area (TPSA) is 75.5 Å². The molecule has 4 aromatic rings. The van der Waals surface area contributed by atoms with Crippen molar-refractivity contribution >= 4 is 5.91 Å². The molecule has 0 aliphatic rings. The van der Waals surface area contributed by atoms with Crippen molar-refractivity contribution in [3.8, 4) is 17.6 Å². The Balaban J connectivity index is 1.52. The van der Waals surface area contributed by atoms with Gasteiger partial charge in [-0.1, -0.05) is 42.5 Å². The summed E-state index contributed by atoms with van der Waals surface area (Å²) in [5.74, 6) is 1.14. The van der Waals surface area contributed by atoms with Crippen molar-refractivity contribution in [2.24, 2.45) is 0 Å². The lowest BCUT2D eigenvalue weighted by Gasteiger charge is -2.23. The van der Waals surface area contributed by atoms with E-state index in [1.165, 1.54) is 0 Å². The zero-order valence-electron chi connectivity index (χ0n) is 20.1. The Morgan fingerprint density at radius 3 is 2.39 bits per heavy atom. The van der Waals surface area contributed by atoms with Gasteiger partial charge in [0.25, 0.3) is 5.91 Å². The molecule has 1 heterocycles. The second-order valence-electron chi connectivity index (χ2n) is 8.25. The van der Waals surface area contributed by atoms with E-state index in [2.05, 4.69) is 11.1 Å². The lowest BCUT2D eigenvalue weighted by molar-refractivity contribution is 0.0744. The van der Waals surface area contributed by atoms with Gasteiger partial charge in [0.05, 0.1) is 18.7 Å². The van der Waals surface area contributed by atoms with Gasteiger partial charge in [-0.3, -0.25) is 9.78 Å². The predicted molar refractivity (Wildman–Crippen MR) is 138 cm³/mol. The van der Waals surface area contributed by atoms with Crippen molar-refractivity contribution in [1.29, 1.82) is 5.26 Å². The summed E-state index contributed by atoms with van der Waals surface area (Å²) in [5.41, 5.74) is 3.95. The van der Waals surface area contributed by atoms with E-state index in [1.54, 1.807) is 42.5 Å². The maximum atomic E-state index is 13.4. The molecule has 0 fully saturated rings. The van der Waals surface area contributed by atoms with E-state index in [9.17, 15) is 4.79 Å². The summed E-state index contributed by atoms with van der Waals surface area (Å²) >= 11 is 0. The molecule has 0 N–H and O–H groups in total. The molecular formula is C30H27N3O3. The Morgan fingerprint density at radius 2 is 1.69 bits per heavy atom. The maximum Gasteiger partial charge on any atom is 0.254 e. The van der Waals surface area contributed by atoms with Gasteiger partial charge in [-0.2, -0.15) is 5.26 Å². The molecule has 0 atom stereocenters. The fraction of sp³-hybridized carbons (Fsp3) is 0.167. The number of carbonyl (C=O) groups excluding carboxylic acids is 1. The van der Waals surface area contributed by atoms with E-state index in [1.807, 2.05) is 66.7 Å². The van der Waals surface area contributed by atoms with Crippen LogP contribution >= 0.6 is 0 Å². The van der Waals surface area contributed by atoms with Crippen molar-refractivity contribution in [2.75, 3.05) is 13.7 Å². The first-order valence-electron chi connectivity index (χ1n) is 11.7. The third-order valence-electron chi connectivity index (χ3n) is 5.75. The number of rotatable bonds is 10. The van der Waals surface area contributed by atoms with Gasteiger partial charge in [0.1, 0.15) is 6.61 Å². The summed E-state index contributed by atoms with van der Waals surface area (Å²) in [6.45, 7) is 1.31. The summed E-state index contributed by atoms with van der Waals surface area (Å²) in [6.07, 6.45) is 2.37. The zero-order chi connectivity index (χ0) is 25.2. The fourth-order valence-corrected chi connectivity index (χ4v) is 3.80. The van der Waals surface area contributed by atoms with E-state index < -0.39 is 0 Å². The Hall–Kier alpha value is -4.63. The summed E-state index contributed by atoms with van der Waals surface area (Å²) in [6, 6.07) is 30.2. The largest absolute Gasteiger partial charge is 0.493 e. The number of nitriles is 1. The Morgan fingerprint density at radius 1 is 0.917 bits per heavy atom.